The number of aliphatic hydroxyl groups is 1. The van der Waals surface area contributed by atoms with Crippen molar-refractivity contribution in [1.82, 2.24) is 25.1 Å². The van der Waals surface area contributed by atoms with Gasteiger partial charge in [-0.15, -0.1) is 0 Å². The van der Waals surface area contributed by atoms with Gasteiger partial charge in [0, 0.05) is 30.9 Å². The van der Waals surface area contributed by atoms with Gasteiger partial charge in [-0.3, -0.25) is 9.48 Å². The number of benzene rings is 1. The van der Waals surface area contributed by atoms with Crippen LogP contribution in [0.25, 0.3) is 22.4 Å². The summed E-state index contributed by atoms with van der Waals surface area (Å²) in [6, 6.07) is 4.82. The van der Waals surface area contributed by atoms with Crippen molar-refractivity contribution >= 4 is 16.8 Å². The fourth-order valence-corrected chi connectivity index (χ4v) is 3.51. The van der Waals surface area contributed by atoms with Gasteiger partial charge in [-0.25, -0.2) is 14.4 Å². The largest absolute Gasteiger partial charge is 0.393 e. The molecule has 0 bridgehead atoms. The Morgan fingerprint density at radius 3 is 2.63 bits per heavy atom. The number of halogens is 1. The molecule has 0 unspecified atom stereocenters. The van der Waals surface area contributed by atoms with E-state index in [-0.39, 0.29) is 23.9 Å². The molecule has 2 N–H and O–H groups in total. The zero-order valence-electron chi connectivity index (χ0n) is 14.9. The van der Waals surface area contributed by atoms with Gasteiger partial charge in [-0.1, -0.05) is 12.1 Å². The summed E-state index contributed by atoms with van der Waals surface area (Å²) in [7, 11) is 1.66. The number of nitrogens with zero attached hydrogens (tertiary/aromatic N) is 4. The number of amides is 1. The Bertz CT molecular complexity index is 978. The third-order valence-corrected chi connectivity index (χ3v) is 4.97. The van der Waals surface area contributed by atoms with Gasteiger partial charge in [0.1, 0.15) is 17.0 Å². The Balaban J connectivity index is 1.54. The Labute approximate surface area is 155 Å². The van der Waals surface area contributed by atoms with E-state index >= 15 is 0 Å². The first-order valence-electron chi connectivity index (χ1n) is 8.95. The molecule has 140 valence electrons. The molecule has 1 aliphatic carbocycles. The van der Waals surface area contributed by atoms with Crippen LogP contribution in [0.5, 0.6) is 0 Å². The lowest BCUT2D eigenvalue weighted by Crippen LogP contribution is -2.38. The fraction of sp³-hybridized carbons (Fsp3) is 0.368. The van der Waals surface area contributed by atoms with Gasteiger partial charge in [0.2, 0.25) is 0 Å². The van der Waals surface area contributed by atoms with E-state index in [0.717, 1.165) is 12.8 Å². The van der Waals surface area contributed by atoms with Crippen LogP contribution in [0.3, 0.4) is 0 Å². The molecule has 27 heavy (non-hydrogen) atoms. The van der Waals surface area contributed by atoms with Crippen molar-refractivity contribution in [3.8, 4) is 11.5 Å². The number of hydrogen-bond donors (Lipinski definition) is 2. The van der Waals surface area contributed by atoms with E-state index < -0.39 is 0 Å². The highest BCUT2D eigenvalue weighted by molar-refractivity contribution is 5.95. The molecule has 1 aliphatic rings. The number of carbonyl (C=O) groups is 1. The van der Waals surface area contributed by atoms with Crippen LogP contribution in [0.2, 0.25) is 0 Å². The Morgan fingerprint density at radius 2 is 1.93 bits per heavy atom. The second-order valence-corrected chi connectivity index (χ2v) is 6.88. The molecular weight excluding hydrogens is 349 g/mol. The number of fused-ring (bicyclic) bond motifs is 1. The maximum Gasteiger partial charge on any atom is 0.254 e. The van der Waals surface area contributed by atoms with Crippen LogP contribution in [-0.4, -0.2) is 42.9 Å². The summed E-state index contributed by atoms with van der Waals surface area (Å²) < 4.78 is 15.5. The standard InChI is InChI=1S/C19H20FN5O2/c1-25-17-14(3-2-4-15(17)20)16(24-25)18-21-9-11(10-22-18)19(27)23-12-5-7-13(26)8-6-12/h2-4,9-10,12-13,26H,5-8H2,1H3,(H,23,27). The minimum atomic E-state index is -0.359. The molecule has 1 saturated carbocycles. The molecule has 2 heterocycles. The van der Waals surface area contributed by atoms with E-state index in [1.807, 2.05) is 0 Å². The molecule has 0 atom stereocenters. The first-order valence-corrected chi connectivity index (χ1v) is 8.95. The Morgan fingerprint density at radius 1 is 1.22 bits per heavy atom. The molecule has 0 saturated heterocycles. The molecule has 4 rings (SSSR count). The Hall–Kier alpha value is -2.87. The summed E-state index contributed by atoms with van der Waals surface area (Å²) >= 11 is 0. The lowest BCUT2D eigenvalue weighted by molar-refractivity contribution is 0.0867. The van der Waals surface area contributed by atoms with Gasteiger partial charge in [-0.2, -0.15) is 5.10 Å². The first kappa shape index (κ1) is 17.5. The van der Waals surface area contributed by atoms with Crippen LogP contribution >= 0.6 is 0 Å². The topological polar surface area (TPSA) is 92.9 Å². The summed E-state index contributed by atoms with van der Waals surface area (Å²) in [6.07, 6.45) is 5.56. The van der Waals surface area contributed by atoms with Crippen molar-refractivity contribution < 1.29 is 14.3 Å². The van der Waals surface area contributed by atoms with E-state index in [0.29, 0.717) is 40.8 Å². The van der Waals surface area contributed by atoms with Crippen molar-refractivity contribution in [1.29, 1.82) is 0 Å². The summed E-state index contributed by atoms with van der Waals surface area (Å²) in [5, 5.41) is 17.4. The van der Waals surface area contributed by atoms with Crippen LogP contribution in [0.4, 0.5) is 4.39 Å². The molecular formula is C19H20FN5O2. The molecule has 1 fully saturated rings. The summed E-state index contributed by atoms with van der Waals surface area (Å²) in [5.74, 6) is -0.259. The maximum absolute atomic E-state index is 14.0. The van der Waals surface area contributed by atoms with Crippen molar-refractivity contribution in [2.75, 3.05) is 0 Å². The molecule has 2 aromatic heterocycles. The van der Waals surface area contributed by atoms with Crippen LogP contribution in [0.1, 0.15) is 36.0 Å². The molecule has 1 amide bonds. The van der Waals surface area contributed by atoms with Gasteiger partial charge < -0.3 is 10.4 Å². The second kappa shape index (κ2) is 7.03. The number of aryl methyl sites for hydroxylation is 1. The highest BCUT2D eigenvalue weighted by Gasteiger charge is 2.22. The van der Waals surface area contributed by atoms with Crippen molar-refractivity contribution in [3.05, 3.63) is 42.0 Å². The first-order chi connectivity index (χ1) is 13.0. The molecule has 7 nitrogen and oxygen atoms in total. The van der Waals surface area contributed by atoms with Crippen molar-refractivity contribution in [2.24, 2.45) is 7.05 Å². The third kappa shape index (κ3) is 3.40. The number of para-hydroxylation sites is 1. The number of hydrogen-bond acceptors (Lipinski definition) is 5. The Kier molecular flexibility index (Phi) is 4.57. The average molecular weight is 369 g/mol. The average Bonchev–Trinajstić information content (AvgIpc) is 3.02. The van der Waals surface area contributed by atoms with Crippen LogP contribution in [-0.2, 0) is 7.05 Å². The van der Waals surface area contributed by atoms with Gasteiger partial charge in [0.05, 0.1) is 11.7 Å². The number of nitrogens with one attached hydrogen (secondary N) is 1. The summed E-state index contributed by atoms with van der Waals surface area (Å²) in [5.41, 5.74) is 1.22. The van der Waals surface area contributed by atoms with Crippen LogP contribution in [0, 0.1) is 5.82 Å². The van der Waals surface area contributed by atoms with Crippen LogP contribution in [0.15, 0.2) is 30.6 Å². The monoisotopic (exact) mass is 369 g/mol. The predicted octanol–water partition coefficient (Wildman–Crippen LogP) is 2.20. The fourth-order valence-electron chi connectivity index (χ4n) is 3.51. The minimum absolute atomic E-state index is 0.0586. The molecule has 0 radical (unpaired) electrons. The van der Waals surface area contributed by atoms with E-state index in [1.165, 1.54) is 23.1 Å². The van der Waals surface area contributed by atoms with E-state index in [4.69, 9.17) is 0 Å². The van der Waals surface area contributed by atoms with Crippen molar-refractivity contribution in [3.63, 3.8) is 0 Å². The number of aliphatic hydroxyl groups excluding tert-OH is 1. The van der Waals surface area contributed by atoms with E-state index in [2.05, 4.69) is 20.4 Å². The van der Waals surface area contributed by atoms with E-state index in [1.54, 1.807) is 19.2 Å². The van der Waals surface area contributed by atoms with Gasteiger partial charge in [-0.05, 0) is 31.7 Å². The van der Waals surface area contributed by atoms with E-state index in [9.17, 15) is 14.3 Å². The smallest absolute Gasteiger partial charge is 0.254 e. The maximum atomic E-state index is 14.0. The highest BCUT2D eigenvalue weighted by atomic mass is 19.1. The van der Waals surface area contributed by atoms with Crippen LogP contribution < -0.4 is 5.32 Å². The normalized spacial score (nSPS) is 20.0. The quantitative estimate of drug-likeness (QED) is 0.738. The summed E-state index contributed by atoms with van der Waals surface area (Å²) in [6.45, 7) is 0. The zero-order valence-corrected chi connectivity index (χ0v) is 14.9. The van der Waals surface area contributed by atoms with Crippen molar-refractivity contribution in [2.45, 2.75) is 37.8 Å². The minimum Gasteiger partial charge on any atom is -0.393 e. The number of carbonyl (C=O) groups excluding carboxylic acids is 1. The number of aromatic nitrogens is 4. The highest BCUT2D eigenvalue weighted by Crippen LogP contribution is 2.26. The molecule has 3 aromatic rings. The SMILES string of the molecule is Cn1nc(-c2ncc(C(=O)NC3CCC(O)CC3)cn2)c2cccc(F)c21. The zero-order chi connectivity index (χ0) is 19.0. The number of rotatable bonds is 3. The molecule has 0 spiro atoms. The summed E-state index contributed by atoms with van der Waals surface area (Å²) in [4.78, 5) is 20.9. The third-order valence-electron chi connectivity index (χ3n) is 4.97. The second-order valence-electron chi connectivity index (χ2n) is 6.88. The predicted molar refractivity (Wildman–Crippen MR) is 97.4 cm³/mol. The molecule has 0 aliphatic heterocycles. The lowest BCUT2D eigenvalue weighted by atomic mass is 9.93. The van der Waals surface area contributed by atoms with Gasteiger partial charge in [0.25, 0.3) is 5.91 Å². The molecule has 1 aromatic carbocycles. The lowest BCUT2D eigenvalue weighted by Gasteiger charge is -2.26. The van der Waals surface area contributed by atoms with Gasteiger partial charge in [0.15, 0.2) is 5.82 Å². The van der Waals surface area contributed by atoms with Gasteiger partial charge >= 0.3 is 0 Å². The molecule has 8 heteroatoms.